The number of carbonyl (C=O) groups excluding carboxylic acids is 2. The molecular formula is C29H38N2O7. The number of benzene rings is 2. The molecule has 0 aliphatic carbocycles. The number of amides is 1. The van der Waals surface area contributed by atoms with Crippen LogP contribution in [0, 0.1) is 0 Å². The largest absolute Gasteiger partial charge is 0.497 e. The Morgan fingerprint density at radius 3 is 2.42 bits per heavy atom. The number of carbonyl (C=O) groups is 2. The average Bonchev–Trinajstić information content (AvgIpc) is 3.27. The number of aliphatic imine (C=N–C) groups is 1. The number of methoxy groups -OCH3 is 1. The fourth-order valence-electron chi connectivity index (χ4n) is 4.23. The Kier molecular flexibility index (Phi) is 9.38. The number of aliphatic hydroxyl groups excluding tert-OH is 1. The van der Waals surface area contributed by atoms with E-state index in [0.29, 0.717) is 41.6 Å². The molecule has 2 aromatic carbocycles. The second kappa shape index (κ2) is 12.3. The molecule has 1 heterocycles. The molecule has 1 N–H and O–H groups in total. The molecule has 2 atom stereocenters. The van der Waals surface area contributed by atoms with Crippen molar-refractivity contribution in [2.75, 3.05) is 34.4 Å². The van der Waals surface area contributed by atoms with Gasteiger partial charge in [0, 0.05) is 39.1 Å². The Labute approximate surface area is 224 Å². The lowest BCUT2D eigenvalue weighted by molar-refractivity contribution is -0.155. The van der Waals surface area contributed by atoms with Gasteiger partial charge in [-0.25, -0.2) is 4.99 Å². The van der Waals surface area contributed by atoms with Crippen molar-refractivity contribution in [3.8, 4) is 11.5 Å². The van der Waals surface area contributed by atoms with Gasteiger partial charge in [0.25, 0.3) is 5.91 Å². The SMILES string of the molecule is COc1cccc([C@H]2OC(c3ccc(OCCCO)cc3)=N[C@@]2(CCC(=O)OC(C)(C)C)C(=O)N(C)C)c1. The van der Waals surface area contributed by atoms with Gasteiger partial charge >= 0.3 is 5.97 Å². The van der Waals surface area contributed by atoms with Crippen LogP contribution in [0.4, 0.5) is 0 Å². The van der Waals surface area contributed by atoms with Gasteiger partial charge in [0.15, 0.2) is 11.6 Å². The molecule has 1 aliphatic heterocycles. The minimum atomic E-state index is -1.40. The molecule has 0 fully saturated rings. The van der Waals surface area contributed by atoms with Crippen LogP contribution in [0.2, 0.25) is 0 Å². The topological polar surface area (TPSA) is 107 Å². The summed E-state index contributed by atoms with van der Waals surface area (Å²) >= 11 is 0. The van der Waals surface area contributed by atoms with Crippen LogP contribution >= 0.6 is 0 Å². The zero-order valence-corrected chi connectivity index (χ0v) is 23.0. The van der Waals surface area contributed by atoms with Crippen LogP contribution in [0.5, 0.6) is 11.5 Å². The first kappa shape index (κ1) is 29.0. The summed E-state index contributed by atoms with van der Waals surface area (Å²) in [5.74, 6) is 0.848. The van der Waals surface area contributed by atoms with Crippen molar-refractivity contribution < 1.29 is 33.6 Å². The smallest absolute Gasteiger partial charge is 0.306 e. The first-order valence-corrected chi connectivity index (χ1v) is 12.7. The van der Waals surface area contributed by atoms with Crippen LogP contribution in [0.15, 0.2) is 53.5 Å². The normalized spacial score (nSPS) is 18.8. The van der Waals surface area contributed by atoms with Crippen LogP contribution in [-0.2, 0) is 19.1 Å². The van der Waals surface area contributed by atoms with E-state index in [2.05, 4.69) is 0 Å². The molecule has 0 saturated carbocycles. The van der Waals surface area contributed by atoms with Gasteiger partial charge in [-0.3, -0.25) is 9.59 Å². The van der Waals surface area contributed by atoms with E-state index in [4.69, 9.17) is 29.0 Å². The minimum absolute atomic E-state index is 0.0188. The first-order chi connectivity index (χ1) is 18.0. The molecule has 1 aliphatic rings. The molecule has 9 nitrogen and oxygen atoms in total. The van der Waals surface area contributed by atoms with Gasteiger partial charge in [-0.15, -0.1) is 0 Å². The highest BCUT2D eigenvalue weighted by molar-refractivity contribution is 6.01. The number of aliphatic hydroxyl groups is 1. The molecule has 0 radical (unpaired) electrons. The molecule has 2 aromatic rings. The zero-order chi connectivity index (χ0) is 27.9. The van der Waals surface area contributed by atoms with E-state index in [1.807, 2.05) is 24.3 Å². The highest BCUT2D eigenvalue weighted by Gasteiger charge is 2.54. The van der Waals surface area contributed by atoms with Gasteiger partial charge in [0.1, 0.15) is 17.1 Å². The Hall–Kier alpha value is -3.59. The van der Waals surface area contributed by atoms with Crippen molar-refractivity contribution in [1.82, 2.24) is 4.90 Å². The summed E-state index contributed by atoms with van der Waals surface area (Å²) in [6.45, 7) is 5.86. The number of hydrogen-bond donors (Lipinski definition) is 1. The summed E-state index contributed by atoms with van der Waals surface area (Å²) in [6.07, 6.45) is -0.195. The van der Waals surface area contributed by atoms with Crippen LogP contribution in [0.3, 0.4) is 0 Å². The highest BCUT2D eigenvalue weighted by Crippen LogP contribution is 2.44. The molecule has 3 rings (SSSR count). The maximum Gasteiger partial charge on any atom is 0.306 e. The predicted octanol–water partition coefficient (Wildman–Crippen LogP) is 3.92. The molecule has 0 unspecified atom stereocenters. The van der Waals surface area contributed by atoms with Crippen molar-refractivity contribution in [2.24, 2.45) is 4.99 Å². The van der Waals surface area contributed by atoms with Crippen molar-refractivity contribution in [1.29, 1.82) is 0 Å². The van der Waals surface area contributed by atoms with E-state index in [-0.39, 0.29) is 25.4 Å². The second-order valence-electron chi connectivity index (χ2n) is 10.4. The summed E-state index contributed by atoms with van der Waals surface area (Å²) in [5, 5.41) is 8.97. The number of likely N-dealkylation sites (N-methyl/N-ethyl adjacent to an activating group) is 1. The van der Waals surface area contributed by atoms with Crippen molar-refractivity contribution in [2.45, 2.75) is 57.3 Å². The third kappa shape index (κ3) is 7.04. The summed E-state index contributed by atoms with van der Waals surface area (Å²) in [5.41, 5.74) is -0.688. The molecular weight excluding hydrogens is 488 g/mol. The average molecular weight is 527 g/mol. The maximum atomic E-state index is 13.8. The van der Waals surface area contributed by atoms with E-state index in [0.717, 1.165) is 0 Å². The third-order valence-electron chi connectivity index (χ3n) is 5.94. The van der Waals surface area contributed by atoms with E-state index < -0.39 is 23.2 Å². The zero-order valence-electron chi connectivity index (χ0n) is 23.0. The van der Waals surface area contributed by atoms with Crippen molar-refractivity contribution >= 4 is 17.8 Å². The van der Waals surface area contributed by atoms with Gasteiger partial charge in [0.05, 0.1) is 13.7 Å². The number of ether oxygens (including phenoxy) is 4. The van der Waals surface area contributed by atoms with Crippen LogP contribution < -0.4 is 9.47 Å². The molecule has 0 saturated heterocycles. The summed E-state index contributed by atoms with van der Waals surface area (Å²) in [7, 11) is 4.89. The van der Waals surface area contributed by atoms with Gasteiger partial charge in [-0.1, -0.05) is 12.1 Å². The van der Waals surface area contributed by atoms with Gasteiger partial charge in [-0.2, -0.15) is 0 Å². The third-order valence-corrected chi connectivity index (χ3v) is 5.94. The van der Waals surface area contributed by atoms with E-state index in [1.165, 1.54) is 4.90 Å². The van der Waals surface area contributed by atoms with E-state index in [9.17, 15) is 9.59 Å². The molecule has 0 aromatic heterocycles. The molecule has 9 heteroatoms. The van der Waals surface area contributed by atoms with Crippen molar-refractivity contribution in [3.63, 3.8) is 0 Å². The van der Waals surface area contributed by atoms with Gasteiger partial charge in [-0.05, 0) is 69.2 Å². The Morgan fingerprint density at radius 1 is 1.11 bits per heavy atom. The monoisotopic (exact) mass is 526 g/mol. The Balaban J connectivity index is 2.03. The number of rotatable bonds is 11. The summed E-state index contributed by atoms with van der Waals surface area (Å²) in [4.78, 5) is 32.8. The quantitative estimate of drug-likeness (QED) is 0.349. The van der Waals surface area contributed by atoms with Crippen LogP contribution in [0.25, 0.3) is 0 Å². The predicted molar refractivity (Wildman–Crippen MR) is 144 cm³/mol. The Morgan fingerprint density at radius 2 is 1.82 bits per heavy atom. The second-order valence-corrected chi connectivity index (χ2v) is 10.4. The lowest BCUT2D eigenvalue weighted by Crippen LogP contribution is -2.48. The van der Waals surface area contributed by atoms with E-state index >= 15 is 0 Å². The van der Waals surface area contributed by atoms with Crippen LogP contribution in [0.1, 0.15) is 57.3 Å². The molecule has 206 valence electrons. The molecule has 0 bridgehead atoms. The Bertz CT molecular complexity index is 1140. The fourth-order valence-corrected chi connectivity index (χ4v) is 4.23. The van der Waals surface area contributed by atoms with E-state index in [1.54, 1.807) is 66.2 Å². The lowest BCUT2D eigenvalue weighted by Gasteiger charge is -2.33. The number of nitrogens with zero attached hydrogens (tertiary/aromatic N) is 2. The molecule has 0 spiro atoms. The molecule has 38 heavy (non-hydrogen) atoms. The fraction of sp³-hybridized carbons (Fsp3) is 0.483. The summed E-state index contributed by atoms with van der Waals surface area (Å²) in [6, 6.07) is 14.5. The number of hydrogen-bond acceptors (Lipinski definition) is 8. The van der Waals surface area contributed by atoms with Crippen molar-refractivity contribution in [3.05, 3.63) is 59.7 Å². The lowest BCUT2D eigenvalue weighted by atomic mass is 9.83. The maximum absolute atomic E-state index is 13.8. The molecule has 1 amide bonds. The number of esters is 1. The van der Waals surface area contributed by atoms with Gasteiger partial charge in [0.2, 0.25) is 5.90 Å². The van der Waals surface area contributed by atoms with Gasteiger partial charge < -0.3 is 29.0 Å². The van der Waals surface area contributed by atoms with Crippen LogP contribution in [-0.4, -0.2) is 73.3 Å². The summed E-state index contributed by atoms with van der Waals surface area (Å²) < 4.78 is 23.0. The minimum Gasteiger partial charge on any atom is -0.497 e. The first-order valence-electron chi connectivity index (χ1n) is 12.7. The highest BCUT2D eigenvalue weighted by atomic mass is 16.6. The standard InChI is InChI=1S/C29H38N2O7/c1-28(2,3)38-24(33)15-16-29(27(34)31(4)5)25(21-9-7-10-23(19-21)35-6)37-26(30-29)20-11-13-22(14-12-20)36-18-8-17-32/h7,9-14,19,25,32H,8,15-18H2,1-6H3/t25-,29-/m1/s1.